The molecule has 0 spiro atoms. The summed E-state index contributed by atoms with van der Waals surface area (Å²) in [6.07, 6.45) is 5.51. The van der Waals surface area contributed by atoms with Crippen molar-refractivity contribution in [1.29, 1.82) is 0 Å². The maximum Gasteiger partial charge on any atom is -0.0352 e. The van der Waals surface area contributed by atoms with Crippen LogP contribution >= 0.6 is 0 Å². The number of rotatable bonds is 6. The van der Waals surface area contributed by atoms with Crippen LogP contribution in [0.15, 0.2) is 0 Å². The predicted octanol–water partition coefficient (Wildman–Crippen LogP) is 5.91. The highest BCUT2D eigenvalue weighted by Crippen LogP contribution is 2.34. The van der Waals surface area contributed by atoms with Gasteiger partial charge in [-0.2, -0.15) is 0 Å². The highest BCUT2D eigenvalue weighted by Gasteiger charge is 2.22. The average molecular weight is 226 g/mol. The fourth-order valence-electron chi connectivity index (χ4n) is 2.53. The smallest absolute Gasteiger partial charge is 0.0352 e. The molecule has 0 aromatic carbocycles. The standard InChI is InChI=1S/C16H34/c1-13(2)12-16(7,8)11-9-10-14(3)15(4,5)6/h13-14H,9-12H2,1-8H3. The Balaban J connectivity index is 3.89. The molecule has 0 aliphatic heterocycles. The van der Waals surface area contributed by atoms with E-state index >= 15 is 0 Å². The van der Waals surface area contributed by atoms with Gasteiger partial charge in [-0.05, 0) is 35.5 Å². The van der Waals surface area contributed by atoms with E-state index in [2.05, 4.69) is 55.4 Å². The lowest BCUT2D eigenvalue weighted by atomic mass is 9.75. The molecule has 0 bridgehead atoms. The molecule has 0 aliphatic carbocycles. The van der Waals surface area contributed by atoms with E-state index < -0.39 is 0 Å². The zero-order valence-corrected chi connectivity index (χ0v) is 13.0. The van der Waals surface area contributed by atoms with E-state index in [0.717, 1.165) is 11.8 Å². The third kappa shape index (κ3) is 7.30. The molecule has 0 radical (unpaired) electrons. The molecule has 98 valence electrons. The van der Waals surface area contributed by atoms with Crippen LogP contribution in [0.2, 0.25) is 0 Å². The Labute approximate surface area is 104 Å². The molecule has 1 unspecified atom stereocenters. The van der Waals surface area contributed by atoms with Gasteiger partial charge in [0, 0.05) is 0 Å². The van der Waals surface area contributed by atoms with Gasteiger partial charge in [0.15, 0.2) is 0 Å². The van der Waals surface area contributed by atoms with Crippen LogP contribution in [0.1, 0.15) is 81.1 Å². The Hall–Kier alpha value is 0. The van der Waals surface area contributed by atoms with Crippen molar-refractivity contribution in [3.05, 3.63) is 0 Å². The van der Waals surface area contributed by atoms with E-state index in [1.54, 1.807) is 0 Å². The van der Waals surface area contributed by atoms with Crippen LogP contribution in [0.5, 0.6) is 0 Å². The molecule has 0 aromatic rings. The van der Waals surface area contributed by atoms with Crippen LogP contribution in [0.3, 0.4) is 0 Å². The molecular formula is C16H34. The minimum Gasteiger partial charge on any atom is -0.0628 e. The number of hydrogen-bond donors (Lipinski definition) is 0. The molecule has 0 aromatic heterocycles. The summed E-state index contributed by atoms with van der Waals surface area (Å²) in [6, 6.07) is 0. The third-order valence-corrected chi connectivity index (χ3v) is 3.93. The van der Waals surface area contributed by atoms with Crippen LogP contribution in [0, 0.1) is 22.7 Å². The van der Waals surface area contributed by atoms with Gasteiger partial charge in [0.25, 0.3) is 0 Å². The predicted molar refractivity (Wildman–Crippen MR) is 75.7 cm³/mol. The minimum atomic E-state index is 0.474. The molecular weight excluding hydrogens is 192 g/mol. The lowest BCUT2D eigenvalue weighted by Gasteiger charge is -2.30. The Kier molecular flexibility index (Phi) is 6.07. The van der Waals surface area contributed by atoms with Crippen LogP contribution in [-0.2, 0) is 0 Å². The first-order valence-corrected chi connectivity index (χ1v) is 7.04. The van der Waals surface area contributed by atoms with Gasteiger partial charge in [-0.15, -0.1) is 0 Å². The van der Waals surface area contributed by atoms with E-state index in [1.165, 1.54) is 25.7 Å². The summed E-state index contributed by atoms with van der Waals surface area (Å²) in [5.74, 6) is 1.66. The lowest BCUT2D eigenvalue weighted by molar-refractivity contribution is 0.210. The fraction of sp³-hybridized carbons (Fsp3) is 1.00. The molecule has 0 aliphatic rings. The van der Waals surface area contributed by atoms with Crippen molar-refractivity contribution in [2.45, 2.75) is 81.1 Å². The van der Waals surface area contributed by atoms with E-state index in [0.29, 0.717) is 10.8 Å². The van der Waals surface area contributed by atoms with Crippen molar-refractivity contribution in [2.75, 3.05) is 0 Å². The normalized spacial score (nSPS) is 15.6. The van der Waals surface area contributed by atoms with Crippen molar-refractivity contribution in [3.8, 4) is 0 Å². The van der Waals surface area contributed by atoms with E-state index in [9.17, 15) is 0 Å². The summed E-state index contributed by atoms with van der Waals surface area (Å²) in [5.41, 5.74) is 1.01. The monoisotopic (exact) mass is 226 g/mol. The third-order valence-electron chi connectivity index (χ3n) is 3.93. The quantitative estimate of drug-likeness (QED) is 0.528. The topological polar surface area (TPSA) is 0 Å². The summed E-state index contributed by atoms with van der Waals surface area (Å²) in [6.45, 7) is 19.0. The zero-order chi connectivity index (χ0) is 13.0. The summed E-state index contributed by atoms with van der Waals surface area (Å²) in [5, 5.41) is 0. The second kappa shape index (κ2) is 6.07. The second-order valence-electron chi connectivity index (χ2n) is 7.92. The number of hydrogen-bond acceptors (Lipinski definition) is 0. The maximum absolute atomic E-state index is 2.43. The largest absolute Gasteiger partial charge is 0.0628 e. The Bertz CT molecular complexity index is 181. The average Bonchev–Trinajstić information content (AvgIpc) is 1.98. The van der Waals surface area contributed by atoms with Crippen LogP contribution in [0.25, 0.3) is 0 Å². The SMILES string of the molecule is CC(C)CC(C)(C)CCCC(C)C(C)(C)C. The highest BCUT2D eigenvalue weighted by atomic mass is 14.3. The van der Waals surface area contributed by atoms with Gasteiger partial charge in [0.05, 0.1) is 0 Å². The lowest BCUT2D eigenvalue weighted by Crippen LogP contribution is -2.19. The van der Waals surface area contributed by atoms with Gasteiger partial charge in [-0.25, -0.2) is 0 Å². The van der Waals surface area contributed by atoms with Gasteiger partial charge in [0.2, 0.25) is 0 Å². The summed E-state index contributed by atoms with van der Waals surface area (Å²) in [4.78, 5) is 0. The zero-order valence-electron chi connectivity index (χ0n) is 13.0. The summed E-state index contributed by atoms with van der Waals surface area (Å²) >= 11 is 0. The Morgan fingerprint density at radius 1 is 0.875 bits per heavy atom. The van der Waals surface area contributed by atoms with Crippen molar-refractivity contribution >= 4 is 0 Å². The van der Waals surface area contributed by atoms with Gasteiger partial charge in [-0.3, -0.25) is 0 Å². The molecule has 0 saturated heterocycles. The highest BCUT2D eigenvalue weighted by molar-refractivity contribution is 4.74. The fourth-order valence-corrected chi connectivity index (χ4v) is 2.53. The van der Waals surface area contributed by atoms with Gasteiger partial charge >= 0.3 is 0 Å². The molecule has 16 heavy (non-hydrogen) atoms. The molecule has 1 atom stereocenters. The molecule has 0 nitrogen and oxygen atoms in total. The first kappa shape index (κ1) is 16.0. The molecule has 0 fully saturated rings. The molecule has 0 rings (SSSR count). The van der Waals surface area contributed by atoms with E-state index in [4.69, 9.17) is 0 Å². The maximum atomic E-state index is 2.43. The van der Waals surface area contributed by atoms with Crippen molar-refractivity contribution in [3.63, 3.8) is 0 Å². The van der Waals surface area contributed by atoms with Crippen LogP contribution in [0.4, 0.5) is 0 Å². The van der Waals surface area contributed by atoms with Gasteiger partial charge < -0.3 is 0 Å². The van der Waals surface area contributed by atoms with E-state index in [1.807, 2.05) is 0 Å². The Morgan fingerprint density at radius 2 is 1.38 bits per heavy atom. The molecule has 0 heterocycles. The summed E-state index contributed by atoms with van der Waals surface area (Å²) in [7, 11) is 0. The van der Waals surface area contributed by atoms with Gasteiger partial charge in [0.1, 0.15) is 0 Å². The molecule has 0 saturated carbocycles. The van der Waals surface area contributed by atoms with Crippen LogP contribution < -0.4 is 0 Å². The van der Waals surface area contributed by atoms with E-state index in [-0.39, 0.29) is 0 Å². The van der Waals surface area contributed by atoms with Gasteiger partial charge in [-0.1, -0.05) is 68.2 Å². The van der Waals surface area contributed by atoms with Crippen molar-refractivity contribution < 1.29 is 0 Å². The molecule has 0 amide bonds. The van der Waals surface area contributed by atoms with Crippen molar-refractivity contribution in [1.82, 2.24) is 0 Å². The first-order valence-electron chi connectivity index (χ1n) is 7.04. The first-order chi connectivity index (χ1) is 7.04. The second-order valence-corrected chi connectivity index (χ2v) is 7.92. The van der Waals surface area contributed by atoms with Crippen LogP contribution in [-0.4, -0.2) is 0 Å². The summed E-state index contributed by atoms with van der Waals surface area (Å²) < 4.78 is 0. The molecule has 0 N–H and O–H groups in total. The Morgan fingerprint density at radius 3 is 1.75 bits per heavy atom. The molecule has 0 heteroatoms. The van der Waals surface area contributed by atoms with Crippen molar-refractivity contribution in [2.24, 2.45) is 22.7 Å². The minimum absolute atomic E-state index is 0.474.